The molecule has 0 saturated heterocycles. The zero-order chi connectivity index (χ0) is 13.2. The van der Waals surface area contributed by atoms with Gasteiger partial charge in [-0.1, -0.05) is 13.3 Å². The summed E-state index contributed by atoms with van der Waals surface area (Å²) in [6.45, 7) is 2.14. The van der Waals surface area contributed by atoms with E-state index in [-0.39, 0.29) is 0 Å². The quantitative estimate of drug-likeness (QED) is 0.908. The monoisotopic (exact) mass is 261 g/mol. The highest BCUT2D eigenvalue weighted by Gasteiger charge is 2.32. The van der Waals surface area contributed by atoms with Crippen molar-refractivity contribution in [3.05, 3.63) is 12.4 Å². The minimum atomic E-state index is -4.73. The van der Waals surface area contributed by atoms with E-state index in [2.05, 4.69) is 26.9 Å². The molecule has 1 aromatic heterocycles. The number of anilines is 1. The van der Waals surface area contributed by atoms with Gasteiger partial charge in [0.05, 0.1) is 12.4 Å². The van der Waals surface area contributed by atoms with Crippen molar-refractivity contribution < 1.29 is 17.9 Å². The molecule has 0 spiro atoms. The second kappa shape index (κ2) is 4.99. The first-order chi connectivity index (χ1) is 8.44. The summed E-state index contributed by atoms with van der Waals surface area (Å²) in [5.74, 6) is 0.466. The van der Waals surface area contributed by atoms with E-state index in [4.69, 9.17) is 0 Å². The Morgan fingerprint density at radius 2 is 2.06 bits per heavy atom. The summed E-state index contributed by atoms with van der Waals surface area (Å²) in [6, 6.07) is 0.314. The number of hydrogen-bond donors (Lipinski definition) is 1. The maximum absolute atomic E-state index is 11.9. The summed E-state index contributed by atoms with van der Waals surface area (Å²) in [5.41, 5.74) is 0. The standard InChI is InChI=1S/C11H14F3N3O/c1-7-3-2-4-8(7)17-9-5-16-10(6-15-9)18-11(12,13)14/h5-8H,2-4H2,1H3,(H,15,17). The summed E-state index contributed by atoms with van der Waals surface area (Å²) >= 11 is 0. The molecule has 0 bridgehead atoms. The van der Waals surface area contributed by atoms with E-state index < -0.39 is 12.2 Å². The number of ether oxygens (including phenoxy) is 1. The van der Waals surface area contributed by atoms with Crippen LogP contribution in [-0.4, -0.2) is 22.4 Å². The minimum Gasteiger partial charge on any atom is -0.386 e. The Labute approximate surface area is 103 Å². The van der Waals surface area contributed by atoms with E-state index in [1.165, 1.54) is 6.20 Å². The van der Waals surface area contributed by atoms with E-state index in [0.717, 1.165) is 25.5 Å². The molecular weight excluding hydrogens is 247 g/mol. The van der Waals surface area contributed by atoms with Crippen molar-refractivity contribution in [2.24, 2.45) is 5.92 Å². The summed E-state index contributed by atoms with van der Waals surface area (Å²) in [5, 5.41) is 3.17. The van der Waals surface area contributed by atoms with Crippen LogP contribution < -0.4 is 10.1 Å². The third kappa shape index (κ3) is 3.48. The fraction of sp³-hybridized carbons (Fsp3) is 0.636. The van der Waals surface area contributed by atoms with Crippen LogP contribution in [0, 0.1) is 5.92 Å². The Morgan fingerprint density at radius 1 is 1.28 bits per heavy atom. The second-order valence-corrected chi connectivity index (χ2v) is 4.45. The molecular formula is C11H14F3N3O. The summed E-state index contributed by atoms with van der Waals surface area (Å²) in [4.78, 5) is 7.43. The van der Waals surface area contributed by atoms with Crippen LogP contribution >= 0.6 is 0 Å². The van der Waals surface area contributed by atoms with Gasteiger partial charge in [-0.3, -0.25) is 0 Å². The van der Waals surface area contributed by atoms with Gasteiger partial charge in [-0.2, -0.15) is 0 Å². The van der Waals surface area contributed by atoms with Crippen LogP contribution in [0.1, 0.15) is 26.2 Å². The van der Waals surface area contributed by atoms with Crippen molar-refractivity contribution in [1.82, 2.24) is 9.97 Å². The Morgan fingerprint density at radius 3 is 2.56 bits per heavy atom. The molecule has 0 amide bonds. The topological polar surface area (TPSA) is 47.0 Å². The molecule has 1 N–H and O–H groups in total. The second-order valence-electron chi connectivity index (χ2n) is 4.45. The molecule has 1 fully saturated rings. The van der Waals surface area contributed by atoms with Crippen LogP contribution in [0.15, 0.2) is 12.4 Å². The highest BCUT2D eigenvalue weighted by Crippen LogP contribution is 2.27. The first-order valence-corrected chi connectivity index (χ1v) is 5.78. The average molecular weight is 261 g/mol. The Hall–Kier alpha value is -1.53. The lowest BCUT2D eigenvalue weighted by molar-refractivity contribution is -0.276. The summed E-state index contributed by atoms with van der Waals surface area (Å²) in [7, 11) is 0. The van der Waals surface area contributed by atoms with Crippen LogP contribution in [0.4, 0.5) is 19.0 Å². The molecule has 1 aromatic rings. The molecule has 2 atom stereocenters. The van der Waals surface area contributed by atoms with E-state index in [9.17, 15) is 13.2 Å². The lowest BCUT2D eigenvalue weighted by atomic mass is 10.1. The van der Waals surface area contributed by atoms with Crippen molar-refractivity contribution >= 4 is 5.82 Å². The smallest absolute Gasteiger partial charge is 0.386 e. The summed E-state index contributed by atoms with van der Waals surface area (Å²) in [6.07, 6.45) is 0.844. The number of aromatic nitrogens is 2. The normalized spacial score (nSPS) is 24.0. The molecule has 1 heterocycles. The van der Waals surface area contributed by atoms with Gasteiger partial charge < -0.3 is 10.1 Å². The van der Waals surface area contributed by atoms with Gasteiger partial charge in [0, 0.05) is 6.04 Å². The Balaban J connectivity index is 1.95. The molecule has 4 nitrogen and oxygen atoms in total. The molecule has 0 aliphatic heterocycles. The van der Waals surface area contributed by atoms with Gasteiger partial charge in [-0.25, -0.2) is 9.97 Å². The fourth-order valence-corrected chi connectivity index (χ4v) is 2.11. The molecule has 18 heavy (non-hydrogen) atoms. The first-order valence-electron chi connectivity index (χ1n) is 5.78. The van der Waals surface area contributed by atoms with E-state index in [0.29, 0.717) is 17.8 Å². The molecule has 0 radical (unpaired) electrons. The molecule has 2 rings (SSSR count). The third-order valence-electron chi connectivity index (χ3n) is 3.04. The lowest BCUT2D eigenvalue weighted by Gasteiger charge is -2.17. The maximum atomic E-state index is 11.9. The largest absolute Gasteiger partial charge is 0.574 e. The molecule has 100 valence electrons. The van der Waals surface area contributed by atoms with Crippen molar-refractivity contribution in [3.8, 4) is 5.88 Å². The van der Waals surface area contributed by atoms with Gasteiger partial charge in [0.2, 0.25) is 5.88 Å². The average Bonchev–Trinajstić information content (AvgIpc) is 2.65. The fourth-order valence-electron chi connectivity index (χ4n) is 2.11. The van der Waals surface area contributed by atoms with Gasteiger partial charge >= 0.3 is 6.36 Å². The van der Waals surface area contributed by atoms with E-state index >= 15 is 0 Å². The van der Waals surface area contributed by atoms with Crippen LogP contribution in [0.25, 0.3) is 0 Å². The number of nitrogens with one attached hydrogen (secondary N) is 1. The van der Waals surface area contributed by atoms with Crippen molar-refractivity contribution in [3.63, 3.8) is 0 Å². The maximum Gasteiger partial charge on any atom is 0.574 e. The van der Waals surface area contributed by atoms with E-state index in [1.807, 2.05) is 0 Å². The predicted molar refractivity (Wildman–Crippen MR) is 59.1 cm³/mol. The lowest BCUT2D eigenvalue weighted by Crippen LogP contribution is -2.23. The molecule has 7 heteroatoms. The number of rotatable bonds is 3. The van der Waals surface area contributed by atoms with Crippen molar-refractivity contribution in [2.75, 3.05) is 5.32 Å². The van der Waals surface area contributed by atoms with Crippen LogP contribution in [0.2, 0.25) is 0 Å². The van der Waals surface area contributed by atoms with Crippen LogP contribution in [-0.2, 0) is 0 Å². The van der Waals surface area contributed by atoms with Gasteiger partial charge in [0.15, 0.2) is 0 Å². The van der Waals surface area contributed by atoms with Gasteiger partial charge in [0.1, 0.15) is 5.82 Å². The van der Waals surface area contributed by atoms with Gasteiger partial charge in [-0.05, 0) is 18.8 Å². The SMILES string of the molecule is CC1CCCC1Nc1cnc(OC(F)(F)F)cn1. The number of alkyl halides is 3. The number of halogens is 3. The Bertz CT molecular complexity index is 394. The van der Waals surface area contributed by atoms with Crippen molar-refractivity contribution in [1.29, 1.82) is 0 Å². The molecule has 1 saturated carbocycles. The summed E-state index contributed by atoms with van der Waals surface area (Å²) < 4.78 is 39.4. The predicted octanol–water partition coefficient (Wildman–Crippen LogP) is 2.98. The zero-order valence-corrected chi connectivity index (χ0v) is 9.87. The zero-order valence-electron chi connectivity index (χ0n) is 9.87. The highest BCUT2D eigenvalue weighted by molar-refractivity contribution is 5.34. The highest BCUT2D eigenvalue weighted by atomic mass is 19.4. The molecule has 1 aliphatic carbocycles. The number of nitrogens with zero attached hydrogens (tertiary/aromatic N) is 2. The molecule has 0 aromatic carbocycles. The minimum absolute atomic E-state index is 0.314. The Kier molecular flexibility index (Phi) is 3.58. The third-order valence-corrected chi connectivity index (χ3v) is 3.04. The van der Waals surface area contributed by atoms with Gasteiger partial charge in [-0.15, -0.1) is 13.2 Å². The van der Waals surface area contributed by atoms with Gasteiger partial charge in [0.25, 0.3) is 0 Å². The van der Waals surface area contributed by atoms with E-state index in [1.54, 1.807) is 0 Å². The molecule has 2 unspecified atom stereocenters. The first kappa shape index (κ1) is 12.9. The molecule has 1 aliphatic rings. The number of hydrogen-bond acceptors (Lipinski definition) is 4. The van der Waals surface area contributed by atoms with Crippen LogP contribution in [0.5, 0.6) is 5.88 Å². The van der Waals surface area contributed by atoms with Crippen LogP contribution in [0.3, 0.4) is 0 Å². The van der Waals surface area contributed by atoms with Crippen molar-refractivity contribution in [2.45, 2.75) is 38.6 Å².